The van der Waals surface area contributed by atoms with Crippen LogP contribution in [0.2, 0.25) is 0 Å². The Labute approximate surface area is 180 Å². The third kappa shape index (κ3) is 4.99. The van der Waals surface area contributed by atoms with Crippen molar-refractivity contribution in [3.8, 4) is 0 Å². The van der Waals surface area contributed by atoms with Gasteiger partial charge in [-0.25, -0.2) is 4.79 Å². The van der Waals surface area contributed by atoms with E-state index >= 15 is 0 Å². The predicted octanol–water partition coefficient (Wildman–Crippen LogP) is 4.95. The normalized spacial score (nSPS) is 16.6. The van der Waals surface area contributed by atoms with Crippen molar-refractivity contribution in [1.82, 2.24) is 4.90 Å². The summed E-state index contributed by atoms with van der Waals surface area (Å²) in [5.74, 6) is 0. The lowest BCUT2D eigenvalue weighted by Gasteiger charge is -2.28. The molecule has 1 aliphatic rings. The van der Waals surface area contributed by atoms with Crippen molar-refractivity contribution < 1.29 is 22.1 Å². The van der Waals surface area contributed by atoms with Gasteiger partial charge in [0.2, 0.25) is 0 Å². The Morgan fingerprint density at radius 1 is 1.17 bits per heavy atom. The monoisotopic (exact) mass is 481 g/mol. The summed E-state index contributed by atoms with van der Waals surface area (Å²) in [4.78, 5) is 14.4. The van der Waals surface area contributed by atoms with Crippen LogP contribution in [0.1, 0.15) is 43.5 Å². The Balaban J connectivity index is 1.86. The molecule has 0 unspecified atom stereocenters. The number of hydrogen-bond acceptors (Lipinski definition) is 5. The number of nitrogens with zero attached hydrogens (tertiary/aromatic N) is 1. The maximum atomic E-state index is 12.8. The van der Waals surface area contributed by atoms with Gasteiger partial charge in [-0.1, -0.05) is 45.8 Å². The largest absolute Gasteiger partial charge is 0.444 e. The standard InChI is InChI=1S/C21H24BrNO5S/c1-14-8-10-15(11-9-14)29(25,26)27-13-19-16-6-5-7-18(22)17(16)12-23(19)20(24)28-21(2,3)4/h5-11,19H,12-13H2,1-4H3/t19-/m0/s1. The number of hydrogen-bond donors (Lipinski definition) is 0. The summed E-state index contributed by atoms with van der Waals surface area (Å²) >= 11 is 3.51. The molecule has 1 atom stereocenters. The van der Waals surface area contributed by atoms with Crippen LogP contribution in [-0.4, -0.2) is 31.6 Å². The van der Waals surface area contributed by atoms with E-state index in [1.807, 2.05) is 25.1 Å². The van der Waals surface area contributed by atoms with Crippen LogP contribution < -0.4 is 0 Å². The first-order valence-electron chi connectivity index (χ1n) is 9.21. The average molecular weight is 482 g/mol. The maximum absolute atomic E-state index is 12.8. The molecule has 1 heterocycles. The smallest absolute Gasteiger partial charge is 0.411 e. The third-order valence-electron chi connectivity index (χ3n) is 4.54. The number of carbonyl (C=O) groups excluding carboxylic acids is 1. The molecular formula is C21H24BrNO5S. The Hall–Kier alpha value is -1.90. The molecule has 2 aromatic carbocycles. The van der Waals surface area contributed by atoms with Crippen molar-refractivity contribution in [1.29, 1.82) is 0 Å². The van der Waals surface area contributed by atoms with Gasteiger partial charge < -0.3 is 4.74 Å². The number of carbonyl (C=O) groups is 1. The van der Waals surface area contributed by atoms with Gasteiger partial charge in [0, 0.05) is 4.47 Å². The number of halogens is 1. The first-order valence-corrected chi connectivity index (χ1v) is 11.4. The summed E-state index contributed by atoms with van der Waals surface area (Å²) in [5.41, 5.74) is 2.04. The number of aryl methyl sites for hydroxylation is 1. The number of amides is 1. The van der Waals surface area contributed by atoms with E-state index in [0.717, 1.165) is 21.2 Å². The zero-order valence-electron chi connectivity index (χ0n) is 16.8. The van der Waals surface area contributed by atoms with Crippen LogP contribution in [0.15, 0.2) is 51.8 Å². The molecule has 0 bridgehead atoms. The van der Waals surface area contributed by atoms with Crippen molar-refractivity contribution >= 4 is 32.1 Å². The second-order valence-electron chi connectivity index (χ2n) is 7.98. The highest BCUT2D eigenvalue weighted by molar-refractivity contribution is 9.10. The molecule has 0 N–H and O–H groups in total. The summed E-state index contributed by atoms with van der Waals surface area (Å²) in [6.45, 7) is 7.36. The molecule has 0 fully saturated rings. The van der Waals surface area contributed by atoms with Gasteiger partial charge in [-0.3, -0.25) is 9.08 Å². The fraction of sp³-hybridized carbons (Fsp3) is 0.381. The van der Waals surface area contributed by atoms with Gasteiger partial charge in [-0.15, -0.1) is 0 Å². The van der Waals surface area contributed by atoms with Crippen LogP contribution >= 0.6 is 15.9 Å². The molecule has 0 saturated carbocycles. The highest BCUT2D eigenvalue weighted by Gasteiger charge is 2.38. The van der Waals surface area contributed by atoms with Gasteiger partial charge in [-0.05, 0) is 57.0 Å². The number of fused-ring (bicyclic) bond motifs is 1. The molecule has 156 valence electrons. The molecule has 6 nitrogen and oxygen atoms in total. The van der Waals surface area contributed by atoms with Crippen molar-refractivity contribution in [3.63, 3.8) is 0 Å². The van der Waals surface area contributed by atoms with Crippen LogP contribution in [0.25, 0.3) is 0 Å². The Bertz CT molecular complexity index is 1010. The molecule has 0 spiro atoms. The van der Waals surface area contributed by atoms with Crippen molar-refractivity contribution in [2.24, 2.45) is 0 Å². The highest BCUT2D eigenvalue weighted by atomic mass is 79.9. The molecule has 0 aliphatic carbocycles. The van der Waals surface area contributed by atoms with Gasteiger partial charge in [0.25, 0.3) is 10.1 Å². The highest BCUT2D eigenvalue weighted by Crippen LogP contribution is 2.39. The first kappa shape index (κ1) is 21.8. The SMILES string of the molecule is Cc1ccc(S(=O)(=O)OC[C@H]2c3cccc(Br)c3CN2C(=O)OC(C)(C)C)cc1. The van der Waals surface area contributed by atoms with E-state index in [4.69, 9.17) is 8.92 Å². The van der Waals surface area contributed by atoms with Gasteiger partial charge in [0.1, 0.15) is 5.60 Å². The lowest BCUT2D eigenvalue weighted by atomic mass is 10.1. The second-order valence-corrected chi connectivity index (χ2v) is 10.5. The minimum atomic E-state index is -3.95. The topological polar surface area (TPSA) is 72.9 Å². The molecule has 8 heteroatoms. The Kier molecular flexibility index (Phi) is 6.08. The van der Waals surface area contributed by atoms with E-state index in [1.54, 1.807) is 32.9 Å². The van der Waals surface area contributed by atoms with Crippen LogP contribution in [0.3, 0.4) is 0 Å². The molecule has 29 heavy (non-hydrogen) atoms. The summed E-state index contributed by atoms with van der Waals surface area (Å²) in [6, 6.07) is 11.5. The van der Waals surface area contributed by atoms with Crippen molar-refractivity contribution in [2.45, 2.75) is 50.8 Å². The van der Waals surface area contributed by atoms with Crippen LogP contribution in [-0.2, 0) is 25.6 Å². The minimum absolute atomic E-state index is 0.0828. The maximum Gasteiger partial charge on any atom is 0.411 e. The number of rotatable bonds is 4. The van der Waals surface area contributed by atoms with Gasteiger partial charge >= 0.3 is 6.09 Å². The first-order chi connectivity index (χ1) is 13.5. The summed E-state index contributed by atoms with van der Waals surface area (Å²) in [5, 5.41) is 0. The molecule has 3 rings (SSSR count). The van der Waals surface area contributed by atoms with Crippen molar-refractivity contribution in [2.75, 3.05) is 6.61 Å². The van der Waals surface area contributed by atoms with E-state index < -0.39 is 27.9 Å². The quantitative estimate of drug-likeness (QED) is 0.577. The van der Waals surface area contributed by atoms with E-state index in [2.05, 4.69) is 15.9 Å². The fourth-order valence-electron chi connectivity index (χ4n) is 3.12. The van der Waals surface area contributed by atoms with E-state index in [1.165, 1.54) is 17.0 Å². The van der Waals surface area contributed by atoms with Gasteiger partial charge in [0.15, 0.2) is 0 Å². The minimum Gasteiger partial charge on any atom is -0.444 e. The number of ether oxygens (including phenoxy) is 1. The van der Waals surface area contributed by atoms with E-state index in [9.17, 15) is 13.2 Å². The van der Waals surface area contributed by atoms with Crippen LogP contribution in [0, 0.1) is 6.92 Å². The van der Waals surface area contributed by atoms with Crippen molar-refractivity contribution in [3.05, 3.63) is 63.6 Å². The van der Waals surface area contributed by atoms with Crippen LogP contribution in [0.4, 0.5) is 4.79 Å². The third-order valence-corrected chi connectivity index (χ3v) is 6.58. The molecule has 2 aromatic rings. The molecule has 0 aromatic heterocycles. The van der Waals surface area contributed by atoms with E-state index in [0.29, 0.717) is 6.54 Å². The zero-order chi connectivity index (χ0) is 21.4. The molecule has 1 aliphatic heterocycles. The summed E-state index contributed by atoms with van der Waals surface area (Å²) < 4.78 is 37.0. The van der Waals surface area contributed by atoms with Crippen LogP contribution in [0.5, 0.6) is 0 Å². The predicted molar refractivity (Wildman–Crippen MR) is 113 cm³/mol. The lowest BCUT2D eigenvalue weighted by Crippen LogP contribution is -2.37. The Morgan fingerprint density at radius 2 is 1.83 bits per heavy atom. The molecule has 0 radical (unpaired) electrons. The second kappa shape index (κ2) is 8.08. The molecule has 0 saturated heterocycles. The zero-order valence-corrected chi connectivity index (χ0v) is 19.2. The summed E-state index contributed by atoms with van der Waals surface area (Å²) in [7, 11) is -3.95. The molecule has 1 amide bonds. The number of benzene rings is 2. The molecular weight excluding hydrogens is 458 g/mol. The average Bonchev–Trinajstić information content (AvgIpc) is 2.99. The fourth-order valence-corrected chi connectivity index (χ4v) is 4.54. The van der Waals surface area contributed by atoms with Gasteiger partial charge in [-0.2, -0.15) is 8.42 Å². The van der Waals surface area contributed by atoms with Gasteiger partial charge in [0.05, 0.1) is 24.1 Å². The van der Waals surface area contributed by atoms with E-state index in [-0.39, 0.29) is 11.5 Å². The lowest BCUT2D eigenvalue weighted by molar-refractivity contribution is 0.0126. The summed E-state index contributed by atoms with van der Waals surface area (Å²) in [6.07, 6.45) is -0.512. The Morgan fingerprint density at radius 3 is 2.45 bits per heavy atom.